The number of rotatable bonds is 7. The smallest absolute Gasteiger partial charge is 0.0726 e. The summed E-state index contributed by atoms with van der Waals surface area (Å²) in [5, 5.41) is 2.49. The van der Waals surface area contributed by atoms with Crippen molar-refractivity contribution in [2.75, 3.05) is 4.90 Å². The van der Waals surface area contributed by atoms with E-state index in [-0.39, 0.29) is 0 Å². The monoisotopic (exact) mass is 876 g/mol. The zero-order chi connectivity index (χ0) is 45.5. The van der Waals surface area contributed by atoms with Crippen molar-refractivity contribution in [2.24, 2.45) is 0 Å². The first kappa shape index (κ1) is 39.2. The molecule has 11 aromatic carbocycles. The molecule has 0 atom stereocenters. The Morgan fingerprint density at radius 2 is 0.696 bits per heavy atom. The van der Waals surface area contributed by atoms with Gasteiger partial charge in [0.05, 0.1) is 16.4 Å². The van der Waals surface area contributed by atoms with E-state index >= 15 is 0 Å². The van der Waals surface area contributed by atoms with Gasteiger partial charge in [0.25, 0.3) is 0 Å². The molecule has 0 radical (unpaired) electrons. The van der Waals surface area contributed by atoms with Gasteiger partial charge in [-0.05, 0) is 151 Å². The Kier molecular flexibility index (Phi) is 8.84. The molecule has 0 N–H and O–H groups in total. The standard InChI is InChI=1S/C67H44N2/c1-3-16-45(17-4-1)46-30-35-52(36-31-46)68(51-20-5-2-6-21-51)53-37-32-47(33-38-53)48-18-15-19-49(42-48)50-34-41-66-60(43-50)59-25-10-14-29-65(59)69(66)54-39-40-58-57-24-9-13-28-63(57)67(64(58)44-54)61-26-11-7-22-55(61)56-23-8-12-27-62(56)67/h1-44H. The molecule has 2 aliphatic carbocycles. The van der Waals surface area contributed by atoms with Gasteiger partial charge in [-0.1, -0.05) is 194 Å². The number of hydrogen-bond acceptors (Lipinski definition) is 1. The van der Waals surface area contributed by atoms with Crippen LogP contribution in [0.2, 0.25) is 0 Å². The van der Waals surface area contributed by atoms with Crippen LogP contribution in [0.3, 0.4) is 0 Å². The second-order valence-electron chi connectivity index (χ2n) is 18.4. The van der Waals surface area contributed by atoms with Crippen molar-refractivity contribution in [2.45, 2.75) is 5.41 Å². The van der Waals surface area contributed by atoms with Gasteiger partial charge in [-0.15, -0.1) is 0 Å². The molecule has 2 nitrogen and oxygen atoms in total. The lowest BCUT2D eigenvalue weighted by molar-refractivity contribution is 0.792. The highest BCUT2D eigenvalue weighted by atomic mass is 15.1. The Balaban J connectivity index is 0.836. The first-order valence-corrected chi connectivity index (χ1v) is 23.9. The molecule has 14 rings (SSSR count). The SMILES string of the molecule is c1ccc(-c2ccc(N(c3ccccc3)c3ccc(-c4cccc(-c5ccc6c(c5)c5ccccc5n6-c5ccc6c(c5)C5(c7ccccc7-c7ccccc75)c5ccccc5-6)c4)cc3)cc2)cc1. The zero-order valence-corrected chi connectivity index (χ0v) is 37.8. The van der Waals surface area contributed by atoms with Crippen LogP contribution in [0.25, 0.3) is 83.1 Å². The molecule has 322 valence electrons. The summed E-state index contributed by atoms with van der Waals surface area (Å²) < 4.78 is 2.48. The lowest BCUT2D eigenvalue weighted by Gasteiger charge is -2.30. The highest BCUT2D eigenvalue weighted by Gasteiger charge is 2.51. The molecular formula is C67H44N2. The highest BCUT2D eigenvalue weighted by Crippen LogP contribution is 2.63. The summed E-state index contributed by atoms with van der Waals surface area (Å²) in [6.07, 6.45) is 0. The van der Waals surface area contributed by atoms with Gasteiger partial charge in [0.1, 0.15) is 0 Å². The van der Waals surface area contributed by atoms with E-state index < -0.39 is 5.41 Å². The number of para-hydroxylation sites is 2. The van der Waals surface area contributed by atoms with Crippen LogP contribution in [0.5, 0.6) is 0 Å². The maximum atomic E-state index is 2.49. The topological polar surface area (TPSA) is 8.17 Å². The molecule has 1 heterocycles. The molecular weight excluding hydrogens is 833 g/mol. The Morgan fingerprint density at radius 1 is 0.261 bits per heavy atom. The van der Waals surface area contributed by atoms with Crippen molar-refractivity contribution in [3.63, 3.8) is 0 Å². The Labute approximate surface area is 402 Å². The number of anilines is 3. The fourth-order valence-electron chi connectivity index (χ4n) is 11.8. The molecule has 0 fully saturated rings. The van der Waals surface area contributed by atoms with E-state index in [0.29, 0.717) is 0 Å². The maximum absolute atomic E-state index is 2.49. The first-order valence-electron chi connectivity index (χ1n) is 23.9. The van der Waals surface area contributed by atoms with Crippen LogP contribution in [-0.4, -0.2) is 4.57 Å². The van der Waals surface area contributed by atoms with Gasteiger partial charge in [0.2, 0.25) is 0 Å². The molecule has 2 aliphatic rings. The Hall–Kier alpha value is -8.98. The molecule has 0 saturated heterocycles. The van der Waals surface area contributed by atoms with Gasteiger partial charge in [-0.25, -0.2) is 0 Å². The summed E-state index contributed by atoms with van der Waals surface area (Å²) in [6, 6.07) is 98.3. The average Bonchev–Trinajstić information content (AvgIpc) is 4.03. The third kappa shape index (κ3) is 5.99. The fraction of sp³-hybridized carbons (Fsp3) is 0.0149. The normalized spacial score (nSPS) is 12.8. The van der Waals surface area contributed by atoms with Crippen LogP contribution in [0, 0.1) is 0 Å². The molecule has 2 heteroatoms. The van der Waals surface area contributed by atoms with E-state index in [4.69, 9.17) is 0 Å². The third-order valence-electron chi connectivity index (χ3n) is 14.8. The molecule has 12 aromatic rings. The van der Waals surface area contributed by atoms with E-state index in [1.54, 1.807) is 0 Å². The van der Waals surface area contributed by atoms with Crippen LogP contribution in [-0.2, 0) is 5.41 Å². The molecule has 69 heavy (non-hydrogen) atoms. The molecule has 0 aliphatic heterocycles. The van der Waals surface area contributed by atoms with Gasteiger partial charge in [0.15, 0.2) is 0 Å². The van der Waals surface area contributed by atoms with Gasteiger partial charge < -0.3 is 9.47 Å². The number of nitrogens with zero attached hydrogens (tertiary/aromatic N) is 2. The zero-order valence-electron chi connectivity index (χ0n) is 37.8. The van der Waals surface area contributed by atoms with E-state index in [0.717, 1.165) is 17.1 Å². The minimum Gasteiger partial charge on any atom is -0.311 e. The van der Waals surface area contributed by atoms with Crippen LogP contribution >= 0.6 is 0 Å². The van der Waals surface area contributed by atoms with E-state index in [2.05, 4.69) is 276 Å². The Morgan fingerprint density at radius 3 is 1.33 bits per heavy atom. The summed E-state index contributed by atoms with van der Waals surface area (Å²) in [5.41, 5.74) is 24.4. The van der Waals surface area contributed by atoms with Crippen molar-refractivity contribution in [1.29, 1.82) is 0 Å². The number of fused-ring (bicyclic) bond motifs is 13. The van der Waals surface area contributed by atoms with Gasteiger partial charge in [-0.3, -0.25) is 0 Å². The predicted molar refractivity (Wildman–Crippen MR) is 288 cm³/mol. The molecule has 0 unspecified atom stereocenters. The molecule has 1 spiro atoms. The summed E-state index contributed by atoms with van der Waals surface area (Å²) >= 11 is 0. The van der Waals surface area contributed by atoms with Crippen molar-refractivity contribution in [1.82, 2.24) is 4.57 Å². The first-order chi connectivity index (χ1) is 34.2. The Bertz CT molecular complexity index is 3870. The van der Waals surface area contributed by atoms with Crippen LogP contribution in [0.15, 0.2) is 267 Å². The summed E-state index contributed by atoms with van der Waals surface area (Å²) in [6.45, 7) is 0. The summed E-state index contributed by atoms with van der Waals surface area (Å²) in [7, 11) is 0. The van der Waals surface area contributed by atoms with E-state index in [1.807, 2.05) is 0 Å². The number of benzene rings is 11. The predicted octanol–water partition coefficient (Wildman–Crippen LogP) is 17.6. The maximum Gasteiger partial charge on any atom is 0.0726 e. The van der Waals surface area contributed by atoms with Crippen LogP contribution in [0.4, 0.5) is 17.1 Å². The second kappa shape index (κ2) is 15.6. The fourth-order valence-corrected chi connectivity index (χ4v) is 11.8. The van der Waals surface area contributed by atoms with Crippen molar-refractivity contribution >= 4 is 38.9 Å². The molecule has 0 bridgehead atoms. The van der Waals surface area contributed by atoms with Crippen molar-refractivity contribution in [3.8, 4) is 61.3 Å². The lowest BCUT2D eigenvalue weighted by Crippen LogP contribution is -2.26. The summed E-state index contributed by atoms with van der Waals surface area (Å²) in [5.74, 6) is 0. The quantitative estimate of drug-likeness (QED) is 0.155. The van der Waals surface area contributed by atoms with Crippen molar-refractivity contribution < 1.29 is 0 Å². The van der Waals surface area contributed by atoms with Gasteiger partial charge in [0, 0.05) is 33.5 Å². The largest absolute Gasteiger partial charge is 0.311 e. The minimum absolute atomic E-state index is 0.400. The van der Waals surface area contributed by atoms with E-state index in [1.165, 1.54) is 105 Å². The molecule has 0 saturated carbocycles. The number of hydrogen-bond donors (Lipinski definition) is 0. The van der Waals surface area contributed by atoms with Crippen LogP contribution in [0.1, 0.15) is 22.3 Å². The van der Waals surface area contributed by atoms with Crippen LogP contribution < -0.4 is 4.90 Å². The average molecular weight is 877 g/mol. The highest BCUT2D eigenvalue weighted by molar-refractivity contribution is 6.11. The summed E-state index contributed by atoms with van der Waals surface area (Å²) in [4.78, 5) is 2.33. The van der Waals surface area contributed by atoms with E-state index in [9.17, 15) is 0 Å². The second-order valence-corrected chi connectivity index (χ2v) is 18.4. The van der Waals surface area contributed by atoms with Crippen molar-refractivity contribution in [3.05, 3.63) is 289 Å². The minimum atomic E-state index is -0.400. The lowest BCUT2D eigenvalue weighted by atomic mass is 9.70. The van der Waals surface area contributed by atoms with Gasteiger partial charge >= 0.3 is 0 Å². The molecule has 1 aromatic heterocycles. The van der Waals surface area contributed by atoms with Gasteiger partial charge in [-0.2, -0.15) is 0 Å². The third-order valence-corrected chi connectivity index (χ3v) is 14.8. The number of aromatic nitrogens is 1. The molecule has 0 amide bonds.